The fourth-order valence-corrected chi connectivity index (χ4v) is 2.02. The summed E-state index contributed by atoms with van der Waals surface area (Å²) in [6.07, 6.45) is 2.32. The van der Waals surface area contributed by atoms with Crippen LogP contribution in [0.2, 0.25) is 0 Å². The molecule has 90 valence electrons. The Morgan fingerprint density at radius 3 is 2.47 bits per heavy atom. The van der Waals surface area contributed by atoms with E-state index >= 15 is 0 Å². The summed E-state index contributed by atoms with van der Waals surface area (Å²) < 4.78 is 0. The number of carboxylic acid groups (broad SMARTS) is 1. The third kappa shape index (κ3) is 6.02. The number of rotatable bonds is 9. The minimum Gasteiger partial charge on any atom is -0.480 e. The second-order valence-corrected chi connectivity index (χ2v) is 4.91. The molecule has 0 radical (unpaired) electrons. The first-order valence-electron chi connectivity index (χ1n) is 5.17. The topological polar surface area (TPSA) is 69.6 Å². The molecule has 0 rings (SSSR count). The molecule has 4 nitrogen and oxygen atoms in total. The molecule has 0 aromatic carbocycles. The number of hydrogen-bond donors (Lipinski definition) is 3. The van der Waals surface area contributed by atoms with E-state index in [0.717, 1.165) is 24.3 Å². The van der Waals surface area contributed by atoms with Crippen LogP contribution in [0.3, 0.4) is 0 Å². The molecule has 0 saturated carbocycles. The van der Waals surface area contributed by atoms with Crippen LogP contribution in [0.4, 0.5) is 0 Å². The smallest absolute Gasteiger partial charge is 0.323 e. The maximum atomic E-state index is 10.9. The van der Waals surface area contributed by atoms with E-state index in [1.165, 1.54) is 0 Å². The average Bonchev–Trinajstić information content (AvgIpc) is 2.22. The molecule has 0 spiro atoms. The Morgan fingerprint density at radius 1 is 1.40 bits per heavy atom. The average molecular weight is 235 g/mol. The van der Waals surface area contributed by atoms with Crippen LogP contribution < -0.4 is 5.32 Å². The molecule has 0 fully saturated rings. The van der Waals surface area contributed by atoms with Crippen LogP contribution in [0, 0.1) is 0 Å². The van der Waals surface area contributed by atoms with Gasteiger partial charge >= 0.3 is 5.97 Å². The molecule has 0 aliphatic carbocycles. The van der Waals surface area contributed by atoms with Crippen LogP contribution >= 0.6 is 11.8 Å². The lowest BCUT2D eigenvalue weighted by molar-refractivity contribution is -0.144. The van der Waals surface area contributed by atoms with Crippen LogP contribution in [0.5, 0.6) is 0 Å². The van der Waals surface area contributed by atoms with Gasteiger partial charge < -0.3 is 15.5 Å². The molecule has 0 aromatic heterocycles. The number of thioether (sulfide) groups is 1. The van der Waals surface area contributed by atoms with Crippen LogP contribution in [-0.4, -0.2) is 46.9 Å². The molecule has 0 bridgehead atoms. The van der Waals surface area contributed by atoms with E-state index in [2.05, 4.69) is 5.32 Å². The van der Waals surface area contributed by atoms with Crippen LogP contribution in [0.15, 0.2) is 0 Å². The Balaban J connectivity index is 3.60. The van der Waals surface area contributed by atoms with Gasteiger partial charge in [-0.1, -0.05) is 0 Å². The number of nitrogens with one attached hydrogen (secondary N) is 1. The number of aliphatic hydroxyl groups is 1. The molecule has 0 aromatic rings. The van der Waals surface area contributed by atoms with Gasteiger partial charge in [-0.15, -0.1) is 0 Å². The highest BCUT2D eigenvalue weighted by molar-refractivity contribution is 7.99. The molecule has 0 heterocycles. The summed E-state index contributed by atoms with van der Waals surface area (Å²) in [4.78, 5) is 10.9. The Kier molecular flexibility index (Phi) is 7.82. The largest absolute Gasteiger partial charge is 0.480 e. The highest BCUT2D eigenvalue weighted by atomic mass is 32.2. The fourth-order valence-electron chi connectivity index (χ4n) is 1.14. The summed E-state index contributed by atoms with van der Waals surface area (Å²) in [6, 6.07) is 0. The Morgan fingerprint density at radius 2 is 2.00 bits per heavy atom. The predicted molar refractivity (Wildman–Crippen MR) is 63.4 cm³/mol. The summed E-state index contributed by atoms with van der Waals surface area (Å²) >= 11 is 1.76. The fraction of sp³-hybridized carbons (Fsp3) is 0.900. The molecule has 0 aliphatic heterocycles. The summed E-state index contributed by atoms with van der Waals surface area (Å²) in [5, 5.41) is 20.4. The second kappa shape index (κ2) is 7.96. The van der Waals surface area contributed by atoms with Crippen LogP contribution in [-0.2, 0) is 4.79 Å². The van der Waals surface area contributed by atoms with Gasteiger partial charge in [0.05, 0.1) is 0 Å². The third-order valence-corrected chi connectivity index (χ3v) is 3.59. The maximum absolute atomic E-state index is 10.9. The number of carboxylic acids is 1. The van der Waals surface area contributed by atoms with Crippen LogP contribution in [0.1, 0.15) is 26.2 Å². The Bertz CT molecular complexity index is 190. The Hall–Kier alpha value is -0.260. The van der Waals surface area contributed by atoms with Crippen molar-refractivity contribution in [3.05, 3.63) is 0 Å². The first-order valence-corrected chi connectivity index (χ1v) is 6.33. The van der Waals surface area contributed by atoms with E-state index in [4.69, 9.17) is 10.2 Å². The molecule has 0 aliphatic rings. The first-order chi connectivity index (χ1) is 7.06. The quantitative estimate of drug-likeness (QED) is 0.519. The molecule has 15 heavy (non-hydrogen) atoms. The molecular formula is C10H21NO3S. The SMILES string of the molecule is CNC(C)(CCCSCCCO)C(=O)O. The van der Waals surface area contributed by atoms with Gasteiger partial charge in [0.2, 0.25) is 0 Å². The van der Waals surface area contributed by atoms with Crippen molar-refractivity contribution in [2.75, 3.05) is 25.2 Å². The summed E-state index contributed by atoms with van der Waals surface area (Å²) in [5.41, 5.74) is -0.808. The van der Waals surface area contributed by atoms with E-state index in [-0.39, 0.29) is 6.61 Å². The molecule has 1 unspecified atom stereocenters. The standard InChI is InChI=1S/C10H21NO3S/c1-10(11-2,9(13)14)5-3-7-15-8-4-6-12/h11-12H,3-8H2,1-2H3,(H,13,14). The van der Waals surface area contributed by atoms with Crippen molar-refractivity contribution in [2.24, 2.45) is 0 Å². The van der Waals surface area contributed by atoms with Gasteiger partial charge in [0.15, 0.2) is 0 Å². The van der Waals surface area contributed by atoms with Crippen molar-refractivity contribution in [1.82, 2.24) is 5.32 Å². The summed E-state index contributed by atoms with van der Waals surface area (Å²) in [7, 11) is 1.67. The van der Waals surface area contributed by atoms with Gasteiger partial charge in [0.25, 0.3) is 0 Å². The van der Waals surface area contributed by atoms with Gasteiger partial charge in [0, 0.05) is 6.61 Å². The van der Waals surface area contributed by atoms with Crippen molar-refractivity contribution in [2.45, 2.75) is 31.7 Å². The number of hydrogen-bond acceptors (Lipinski definition) is 4. The highest BCUT2D eigenvalue weighted by Crippen LogP contribution is 2.15. The lowest BCUT2D eigenvalue weighted by Gasteiger charge is -2.23. The minimum absolute atomic E-state index is 0.232. The monoisotopic (exact) mass is 235 g/mol. The van der Waals surface area contributed by atoms with Gasteiger partial charge in [-0.25, -0.2) is 0 Å². The normalized spacial score (nSPS) is 14.9. The number of aliphatic hydroxyl groups excluding tert-OH is 1. The molecular weight excluding hydrogens is 214 g/mol. The van der Waals surface area contributed by atoms with Crippen molar-refractivity contribution in [1.29, 1.82) is 0 Å². The van der Waals surface area contributed by atoms with E-state index < -0.39 is 11.5 Å². The predicted octanol–water partition coefficient (Wildman–Crippen LogP) is 0.945. The number of likely N-dealkylation sites (N-methyl/N-ethyl adjacent to an activating group) is 1. The van der Waals surface area contributed by atoms with Crippen molar-refractivity contribution >= 4 is 17.7 Å². The lowest BCUT2D eigenvalue weighted by atomic mass is 9.97. The van der Waals surface area contributed by atoms with Crippen molar-refractivity contribution in [3.8, 4) is 0 Å². The van der Waals surface area contributed by atoms with Crippen molar-refractivity contribution < 1.29 is 15.0 Å². The molecule has 5 heteroatoms. The van der Waals surface area contributed by atoms with E-state index in [9.17, 15) is 4.79 Å². The van der Waals surface area contributed by atoms with E-state index in [0.29, 0.717) is 6.42 Å². The first kappa shape index (κ1) is 14.7. The van der Waals surface area contributed by atoms with E-state index in [1.54, 1.807) is 25.7 Å². The van der Waals surface area contributed by atoms with Gasteiger partial charge in [0.1, 0.15) is 5.54 Å². The van der Waals surface area contributed by atoms with Gasteiger partial charge in [-0.3, -0.25) is 4.79 Å². The molecule has 1 atom stereocenters. The summed E-state index contributed by atoms with van der Waals surface area (Å²) in [5.74, 6) is 1.09. The highest BCUT2D eigenvalue weighted by Gasteiger charge is 2.29. The zero-order chi connectivity index (χ0) is 11.7. The Labute approximate surface area is 95.4 Å². The van der Waals surface area contributed by atoms with Gasteiger partial charge in [-0.2, -0.15) is 11.8 Å². The molecule has 0 amide bonds. The molecule has 0 saturated heterocycles. The third-order valence-electron chi connectivity index (χ3n) is 2.44. The maximum Gasteiger partial charge on any atom is 0.323 e. The van der Waals surface area contributed by atoms with E-state index in [1.807, 2.05) is 0 Å². The second-order valence-electron chi connectivity index (χ2n) is 3.68. The zero-order valence-electron chi connectivity index (χ0n) is 9.45. The molecule has 3 N–H and O–H groups in total. The zero-order valence-corrected chi connectivity index (χ0v) is 10.3. The van der Waals surface area contributed by atoms with Crippen LogP contribution in [0.25, 0.3) is 0 Å². The van der Waals surface area contributed by atoms with Gasteiger partial charge in [-0.05, 0) is 44.7 Å². The van der Waals surface area contributed by atoms with Crippen molar-refractivity contribution in [3.63, 3.8) is 0 Å². The lowest BCUT2D eigenvalue weighted by Crippen LogP contribution is -2.47. The minimum atomic E-state index is -0.808. The number of aliphatic carboxylic acids is 1. The number of carbonyl (C=O) groups is 1. The summed E-state index contributed by atoms with van der Waals surface area (Å²) in [6.45, 7) is 1.93.